The zero-order valence-corrected chi connectivity index (χ0v) is 7.58. The number of rotatable bonds is 1. The van der Waals surface area contributed by atoms with Gasteiger partial charge in [0.05, 0.1) is 0 Å². The van der Waals surface area contributed by atoms with E-state index in [1.54, 1.807) is 6.92 Å². The Labute approximate surface area is 75.0 Å². The molecule has 0 saturated carbocycles. The van der Waals surface area contributed by atoms with Crippen molar-refractivity contribution in [3.8, 4) is 0 Å². The molecule has 0 unspecified atom stereocenters. The summed E-state index contributed by atoms with van der Waals surface area (Å²) in [4.78, 5) is 25.3. The standard InChI is InChI=1S/C8H9NO4/c1-4(12-6(3)10)7-8(11)13-5(2)9-7/h1-3H3. The summed E-state index contributed by atoms with van der Waals surface area (Å²) in [7, 11) is 0. The summed E-state index contributed by atoms with van der Waals surface area (Å²) in [6, 6.07) is 0. The normalized spacial score (nSPS) is 19.3. The molecule has 0 radical (unpaired) electrons. The molecule has 0 N–H and O–H groups in total. The number of allylic oxidation sites excluding steroid dienone is 1. The number of carbonyl (C=O) groups excluding carboxylic acids is 2. The molecular weight excluding hydrogens is 174 g/mol. The van der Waals surface area contributed by atoms with Crippen LogP contribution in [0.5, 0.6) is 0 Å². The van der Waals surface area contributed by atoms with Gasteiger partial charge in [-0.05, 0) is 6.92 Å². The highest BCUT2D eigenvalue weighted by Crippen LogP contribution is 2.15. The van der Waals surface area contributed by atoms with Crippen LogP contribution in [0.1, 0.15) is 20.8 Å². The Kier molecular flexibility index (Phi) is 2.46. The summed E-state index contributed by atoms with van der Waals surface area (Å²) < 4.78 is 9.32. The molecule has 0 fully saturated rings. The van der Waals surface area contributed by atoms with Crippen molar-refractivity contribution in [3.05, 3.63) is 11.5 Å². The number of cyclic esters (lactones) is 1. The molecule has 0 saturated heterocycles. The molecule has 0 spiro atoms. The maximum absolute atomic E-state index is 11.0. The van der Waals surface area contributed by atoms with Crippen LogP contribution in [0, 0.1) is 0 Å². The van der Waals surface area contributed by atoms with Crippen molar-refractivity contribution in [1.82, 2.24) is 0 Å². The van der Waals surface area contributed by atoms with Crippen LogP contribution < -0.4 is 0 Å². The Morgan fingerprint density at radius 3 is 2.46 bits per heavy atom. The molecule has 0 bridgehead atoms. The summed E-state index contributed by atoms with van der Waals surface area (Å²) in [6.07, 6.45) is 0. The van der Waals surface area contributed by atoms with E-state index in [0.717, 1.165) is 0 Å². The molecular formula is C8H9NO4. The first-order chi connectivity index (χ1) is 6.00. The van der Waals surface area contributed by atoms with Gasteiger partial charge in [0.25, 0.3) is 0 Å². The van der Waals surface area contributed by atoms with E-state index in [2.05, 4.69) is 14.5 Å². The van der Waals surface area contributed by atoms with Gasteiger partial charge in [0.2, 0.25) is 0 Å². The molecule has 0 aromatic heterocycles. The van der Waals surface area contributed by atoms with Crippen LogP contribution in [0.15, 0.2) is 16.4 Å². The van der Waals surface area contributed by atoms with Crippen molar-refractivity contribution in [2.24, 2.45) is 4.99 Å². The molecule has 5 nitrogen and oxygen atoms in total. The fourth-order valence-electron chi connectivity index (χ4n) is 0.895. The molecule has 1 aliphatic rings. The first-order valence-corrected chi connectivity index (χ1v) is 3.67. The van der Waals surface area contributed by atoms with Crippen LogP contribution in [0.4, 0.5) is 0 Å². The van der Waals surface area contributed by atoms with Gasteiger partial charge in [-0.2, -0.15) is 0 Å². The first-order valence-electron chi connectivity index (χ1n) is 3.67. The third-order valence-corrected chi connectivity index (χ3v) is 1.33. The average Bonchev–Trinajstić information content (AvgIpc) is 2.28. The predicted molar refractivity (Wildman–Crippen MR) is 43.7 cm³/mol. The molecule has 1 heterocycles. The number of esters is 2. The van der Waals surface area contributed by atoms with E-state index in [1.165, 1.54) is 13.8 Å². The molecule has 0 aliphatic carbocycles. The second kappa shape index (κ2) is 3.38. The molecule has 0 aromatic rings. The van der Waals surface area contributed by atoms with Crippen molar-refractivity contribution in [2.75, 3.05) is 0 Å². The van der Waals surface area contributed by atoms with Crippen molar-refractivity contribution < 1.29 is 19.1 Å². The summed E-state index contributed by atoms with van der Waals surface area (Å²) in [5.74, 6) is -0.658. The van der Waals surface area contributed by atoms with Crippen molar-refractivity contribution in [1.29, 1.82) is 0 Å². The zero-order valence-electron chi connectivity index (χ0n) is 7.58. The molecule has 0 amide bonds. The number of hydrogen-bond acceptors (Lipinski definition) is 5. The number of hydrogen-bond donors (Lipinski definition) is 0. The van der Waals surface area contributed by atoms with E-state index in [9.17, 15) is 9.59 Å². The minimum absolute atomic E-state index is 0.0488. The second-order valence-corrected chi connectivity index (χ2v) is 2.52. The van der Waals surface area contributed by atoms with Crippen molar-refractivity contribution in [2.45, 2.75) is 20.8 Å². The number of nitrogens with zero attached hydrogens (tertiary/aromatic N) is 1. The Hall–Kier alpha value is -1.65. The summed E-state index contributed by atoms with van der Waals surface area (Å²) in [5.41, 5.74) is 0.0488. The van der Waals surface area contributed by atoms with Gasteiger partial charge >= 0.3 is 11.9 Å². The number of aliphatic imine (C=N–C) groups is 1. The van der Waals surface area contributed by atoms with E-state index in [4.69, 9.17) is 0 Å². The van der Waals surface area contributed by atoms with Crippen LogP contribution >= 0.6 is 0 Å². The first kappa shape index (κ1) is 9.44. The lowest BCUT2D eigenvalue weighted by atomic mass is 10.4. The van der Waals surface area contributed by atoms with Gasteiger partial charge in [-0.3, -0.25) is 4.79 Å². The molecule has 1 aliphatic heterocycles. The monoisotopic (exact) mass is 183 g/mol. The topological polar surface area (TPSA) is 65.0 Å². The van der Waals surface area contributed by atoms with Crippen molar-refractivity contribution >= 4 is 17.8 Å². The lowest BCUT2D eigenvalue weighted by molar-refractivity contribution is -0.137. The average molecular weight is 183 g/mol. The number of ether oxygens (including phenoxy) is 2. The molecule has 5 heteroatoms. The maximum Gasteiger partial charge on any atom is 0.367 e. The largest absolute Gasteiger partial charge is 0.429 e. The van der Waals surface area contributed by atoms with Gasteiger partial charge in [0, 0.05) is 13.8 Å². The van der Waals surface area contributed by atoms with E-state index < -0.39 is 11.9 Å². The van der Waals surface area contributed by atoms with Crippen molar-refractivity contribution in [3.63, 3.8) is 0 Å². The summed E-state index contributed by atoms with van der Waals surface area (Å²) >= 11 is 0. The van der Waals surface area contributed by atoms with Crippen LogP contribution in [0.25, 0.3) is 0 Å². The fraction of sp³-hybridized carbons (Fsp3) is 0.375. The lowest BCUT2D eigenvalue weighted by Crippen LogP contribution is -2.05. The van der Waals surface area contributed by atoms with E-state index >= 15 is 0 Å². The van der Waals surface area contributed by atoms with Gasteiger partial charge in [0.1, 0.15) is 5.76 Å². The molecule has 13 heavy (non-hydrogen) atoms. The molecule has 0 atom stereocenters. The summed E-state index contributed by atoms with van der Waals surface area (Å²) in [6.45, 7) is 4.28. The quantitative estimate of drug-likeness (QED) is 0.342. The molecule has 70 valence electrons. The van der Waals surface area contributed by atoms with E-state index in [-0.39, 0.29) is 17.4 Å². The lowest BCUT2D eigenvalue weighted by Gasteiger charge is -2.00. The summed E-state index contributed by atoms with van der Waals surface area (Å²) in [5, 5.41) is 0. The number of carbonyl (C=O) groups is 2. The maximum atomic E-state index is 11.0. The Morgan fingerprint density at radius 1 is 1.46 bits per heavy atom. The third-order valence-electron chi connectivity index (χ3n) is 1.33. The molecule has 0 aromatic carbocycles. The highest BCUT2D eigenvalue weighted by Gasteiger charge is 2.23. The Morgan fingerprint density at radius 2 is 2.08 bits per heavy atom. The van der Waals surface area contributed by atoms with Gasteiger partial charge in [-0.15, -0.1) is 0 Å². The van der Waals surface area contributed by atoms with Gasteiger partial charge in [0.15, 0.2) is 11.6 Å². The Bertz CT molecular complexity index is 327. The zero-order chi connectivity index (χ0) is 10.0. The minimum atomic E-state index is -0.587. The third kappa shape index (κ3) is 2.14. The second-order valence-electron chi connectivity index (χ2n) is 2.52. The minimum Gasteiger partial charge on any atom is -0.429 e. The van der Waals surface area contributed by atoms with Crippen LogP contribution in [-0.4, -0.2) is 17.8 Å². The highest BCUT2D eigenvalue weighted by atomic mass is 16.6. The van der Waals surface area contributed by atoms with E-state index in [1.807, 2.05) is 0 Å². The smallest absolute Gasteiger partial charge is 0.367 e. The van der Waals surface area contributed by atoms with Crippen LogP contribution in [-0.2, 0) is 19.1 Å². The predicted octanol–water partition coefficient (Wildman–Crippen LogP) is 0.756. The fourth-order valence-corrected chi connectivity index (χ4v) is 0.895. The van der Waals surface area contributed by atoms with Crippen LogP contribution in [0.3, 0.4) is 0 Å². The molecule has 1 rings (SSSR count). The SMILES string of the molecule is CC(=O)OC(C)=C1N=C(C)OC1=O. The van der Waals surface area contributed by atoms with Gasteiger partial charge < -0.3 is 9.47 Å². The Balaban J connectivity index is 2.91. The van der Waals surface area contributed by atoms with Gasteiger partial charge in [-0.1, -0.05) is 0 Å². The highest BCUT2D eigenvalue weighted by molar-refractivity contribution is 6.04. The van der Waals surface area contributed by atoms with E-state index in [0.29, 0.717) is 0 Å². The van der Waals surface area contributed by atoms with Gasteiger partial charge in [-0.25, -0.2) is 9.79 Å². The van der Waals surface area contributed by atoms with Crippen LogP contribution in [0.2, 0.25) is 0 Å².